The summed E-state index contributed by atoms with van der Waals surface area (Å²) in [6.07, 6.45) is 1.37. The summed E-state index contributed by atoms with van der Waals surface area (Å²) >= 11 is 5.78. The van der Waals surface area contributed by atoms with Crippen LogP contribution in [0.4, 0.5) is 0 Å². The highest BCUT2D eigenvalue weighted by molar-refractivity contribution is 6.29. The van der Waals surface area contributed by atoms with Gasteiger partial charge in [-0.1, -0.05) is 17.7 Å². The fraction of sp³-hybridized carbons (Fsp3) is 0.462. The van der Waals surface area contributed by atoms with E-state index in [0.29, 0.717) is 36.8 Å². The van der Waals surface area contributed by atoms with Crippen molar-refractivity contribution < 1.29 is 9.59 Å². The normalized spacial score (nSPS) is 16.2. The minimum absolute atomic E-state index is 0.00127. The molecule has 0 saturated carbocycles. The van der Waals surface area contributed by atoms with Crippen LogP contribution in [0.3, 0.4) is 0 Å². The van der Waals surface area contributed by atoms with Gasteiger partial charge in [0.1, 0.15) is 10.8 Å². The van der Waals surface area contributed by atoms with E-state index in [9.17, 15) is 9.59 Å². The Bertz CT molecular complexity index is 485. The first-order valence-corrected chi connectivity index (χ1v) is 6.63. The number of carbonyl (C=O) groups excluding carboxylic acids is 2. The first kappa shape index (κ1) is 13.8. The third-order valence-electron chi connectivity index (χ3n) is 3.33. The molecule has 0 aromatic carbocycles. The van der Waals surface area contributed by atoms with Crippen molar-refractivity contribution in [2.24, 2.45) is 5.92 Å². The van der Waals surface area contributed by atoms with E-state index in [1.165, 1.54) is 0 Å². The van der Waals surface area contributed by atoms with Crippen molar-refractivity contribution in [3.05, 3.63) is 29.0 Å². The highest BCUT2D eigenvalue weighted by atomic mass is 35.5. The minimum Gasteiger partial charge on any atom is -0.359 e. The summed E-state index contributed by atoms with van der Waals surface area (Å²) in [5.41, 5.74) is 0.353. The van der Waals surface area contributed by atoms with Gasteiger partial charge in [-0.3, -0.25) is 9.59 Å². The maximum absolute atomic E-state index is 12.2. The van der Waals surface area contributed by atoms with Crippen molar-refractivity contribution in [1.82, 2.24) is 15.2 Å². The van der Waals surface area contributed by atoms with E-state index in [4.69, 9.17) is 11.6 Å². The Labute approximate surface area is 117 Å². The molecule has 1 aliphatic rings. The second kappa shape index (κ2) is 6.02. The van der Waals surface area contributed by atoms with E-state index in [-0.39, 0.29) is 17.7 Å². The molecule has 1 aromatic rings. The van der Waals surface area contributed by atoms with Gasteiger partial charge in [0, 0.05) is 26.1 Å². The molecule has 0 spiro atoms. The molecule has 0 radical (unpaired) electrons. The fourth-order valence-corrected chi connectivity index (χ4v) is 2.40. The number of aromatic nitrogens is 1. The number of nitrogens with zero attached hydrogens (tertiary/aromatic N) is 2. The van der Waals surface area contributed by atoms with E-state index < -0.39 is 0 Å². The molecule has 6 heteroatoms. The molecular weight excluding hydrogens is 266 g/mol. The standard InChI is InChI=1S/C13H16ClN3O2/c1-15-12(18)9-5-7-17(8-6-9)13(19)10-3-2-4-11(14)16-10/h2-4,9H,5-8H2,1H3,(H,15,18). The summed E-state index contributed by atoms with van der Waals surface area (Å²) in [7, 11) is 1.63. The smallest absolute Gasteiger partial charge is 0.272 e. The van der Waals surface area contributed by atoms with Crippen LogP contribution in [0.5, 0.6) is 0 Å². The molecule has 2 amide bonds. The number of pyridine rings is 1. The van der Waals surface area contributed by atoms with Gasteiger partial charge in [-0.25, -0.2) is 4.98 Å². The Hall–Kier alpha value is -1.62. The maximum atomic E-state index is 12.2. The van der Waals surface area contributed by atoms with Gasteiger partial charge in [0.25, 0.3) is 5.91 Å². The van der Waals surface area contributed by atoms with Crippen LogP contribution in [-0.2, 0) is 4.79 Å². The van der Waals surface area contributed by atoms with Crippen LogP contribution in [0.15, 0.2) is 18.2 Å². The lowest BCUT2D eigenvalue weighted by Crippen LogP contribution is -2.42. The zero-order valence-corrected chi connectivity index (χ0v) is 11.5. The van der Waals surface area contributed by atoms with Crippen LogP contribution in [0.2, 0.25) is 5.15 Å². The third kappa shape index (κ3) is 3.23. The van der Waals surface area contributed by atoms with Gasteiger partial charge in [-0.2, -0.15) is 0 Å². The summed E-state index contributed by atoms with van der Waals surface area (Å²) in [6.45, 7) is 1.15. The summed E-state index contributed by atoms with van der Waals surface area (Å²) in [6, 6.07) is 5.00. The van der Waals surface area contributed by atoms with Crippen molar-refractivity contribution in [1.29, 1.82) is 0 Å². The van der Waals surface area contributed by atoms with E-state index in [1.807, 2.05) is 0 Å². The molecular formula is C13H16ClN3O2. The number of piperidine rings is 1. The molecule has 2 rings (SSSR count). The maximum Gasteiger partial charge on any atom is 0.272 e. The van der Waals surface area contributed by atoms with Crippen LogP contribution in [0, 0.1) is 5.92 Å². The Morgan fingerprint density at radius 3 is 2.63 bits per heavy atom. The molecule has 2 heterocycles. The Balaban J connectivity index is 1.98. The lowest BCUT2D eigenvalue weighted by molar-refractivity contribution is -0.125. The van der Waals surface area contributed by atoms with Gasteiger partial charge in [0.05, 0.1) is 0 Å². The molecule has 1 aliphatic heterocycles. The van der Waals surface area contributed by atoms with E-state index in [2.05, 4.69) is 10.3 Å². The van der Waals surface area contributed by atoms with Gasteiger partial charge < -0.3 is 10.2 Å². The Kier molecular flexibility index (Phi) is 4.37. The van der Waals surface area contributed by atoms with Crippen molar-refractivity contribution in [2.45, 2.75) is 12.8 Å². The van der Waals surface area contributed by atoms with Gasteiger partial charge in [0.15, 0.2) is 0 Å². The van der Waals surface area contributed by atoms with Crippen LogP contribution in [0.25, 0.3) is 0 Å². The predicted octanol–water partition coefficient (Wildman–Crippen LogP) is 1.33. The first-order valence-electron chi connectivity index (χ1n) is 6.25. The number of amides is 2. The molecule has 102 valence electrons. The Morgan fingerprint density at radius 2 is 2.05 bits per heavy atom. The first-order chi connectivity index (χ1) is 9.11. The second-order valence-electron chi connectivity index (χ2n) is 4.53. The average Bonchev–Trinajstić information content (AvgIpc) is 2.46. The summed E-state index contributed by atoms with van der Waals surface area (Å²) in [4.78, 5) is 29.4. The SMILES string of the molecule is CNC(=O)C1CCN(C(=O)c2cccc(Cl)n2)CC1. The molecule has 0 atom stereocenters. The monoisotopic (exact) mass is 281 g/mol. The molecule has 1 saturated heterocycles. The van der Waals surface area contributed by atoms with Crippen molar-refractivity contribution >= 4 is 23.4 Å². The van der Waals surface area contributed by atoms with Gasteiger partial charge in [-0.05, 0) is 25.0 Å². The zero-order valence-electron chi connectivity index (χ0n) is 10.7. The largest absolute Gasteiger partial charge is 0.359 e. The van der Waals surface area contributed by atoms with Crippen LogP contribution in [-0.4, -0.2) is 41.8 Å². The second-order valence-corrected chi connectivity index (χ2v) is 4.91. The topological polar surface area (TPSA) is 62.3 Å². The highest BCUT2D eigenvalue weighted by Crippen LogP contribution is 2.19. The van der Waals surface area contributed by atoms with E-state index in [1.54, 1.807) is 30.1 Å². The number of nitrogens with one attached hydrogen (secondary N) is 1. The number of hydrogen-bond donors (Lipinski definition) is 1. The lowest BCUT2D eigenvalue weighted by Gasteiger charge is -2.30. The number of halogens is 1. The molecule has 1 N–H and O–H groups in total. The average molecular weight is 282 g/mol. The Morgan fingerprint density at radius 1 is 1.37 bits per heavy atom. The number of hydrogen-bond acceptors (Lipinski definition) is 3. The van der Waals surface area contributed by atoms with Crippen LogP contribution >= 0.6 is 11.6 Å². The molecule has 0 aliphatic carbocycles. The van der Waals surface area contributed by atoms with Crippen LogP contribution < -0.4 is 5.32 Å². The molecule has 0 unspecified atom stereocenters. The molecule has 5 nitrogen and oxygen atoms in total. The van der Waals surface area contributed by atoms with Gasteiger partial charge in [0.2, 0.25) is 5.91 Å². The number of carbonyl (C=O) groups is 2. The zero-order chi connectivity index (χ0) is 13.8. The molecule has 1 aromatic heterocycles. The van der Waals surface area contributed by atoms with Crippen molar-refractivity contribution in [3.63, 3.8) is 0 Å². The fourth-order valence-electron chi connectivity index (χ4n) is 2.24. The molecule has 0 bridgehead atoms. The van der Waals surface area contributed by atoms with Crippen molar-refractivity contribution in [3.8, 4) is 0 Å². The third-order valence-corrected chi connectivity index (χ3v) is 3.54. The van der Waals surface area contributed by atoms with Gasteiger partial charge in [-0.15, -0.1) is 0 Å². The minimum atomic E-state index is -0.127. The molecule has 19 heavy (non-hydrogen) atoms. The number of likely N-dealkylation sites (tertiary alicyclic amines) is 1. The molecule has 1 fully saturated rings. The quantitative estimate of drug-likeness (QED) is 0.832. The van der Waals surface area contributed by atoms with Crippen LogP contribution in [0.1, 0.15) is 23.3 Å². The van der Waals surface area contributed by atoms with E-state index in [0.717, 1.165) is 0 Å². The van der Waals surface area contributed by atoms with E-state index >= 15 is 0 Å². The number of rotatable bonds is 2. The summed E-state index contributed by atoms with van der Waals surface area (Å²) in [5.74, 6) is -0.0767. The predicted molar refractivity (Wildman–Crippen MR) is 71.9 cm³/mol. The van der Waals surface area contributed by atoms with Gasteiger partial charge >= 0.3 is 0 Å². The summed E-state index contributed by atoms with van der Waals surface area (Å²) < 4.78 is 0. The van der Waals surface area contributed by atoms with Crippen molar-refractivity contribution in [2.75, 3.05) is 20.1 Å². The summed E-state index contributed by atoms with van der Waals surface area (Å²) in [5, 5.41) is 2.96. The highest BCUT2D eigenvalue weighted by Gasteiger charge is 2.27. The lowest BCUT2D eigenvalue weighted by atomic mass is 9.96.